The SMILES string of the molecule is COS(=O)(=O)OI. The van der Waals surface area contributed by atoms with Crippen molar-refractivity contribution in [3.05, 3.63) is 0 Å². The molecule has 44 valence electrons. The molecular weight excluding hydrogens is 235 g/mol. The molecule has 7 heavy (non-hydrogen) atoms. The fourth-order valence-corrected chi connectivity index (χ4v) is 0.518. The average Bonchev–Trinajstić information content (AvgIpc) is 1.68. The van der Waals surface area contributed by atoms with Crippen LogP contribution in [0.5, 0.6) is 0 Å². The standard InChI is InChI=1S/CH3IO4S/c1-5-7(3,4)6-2/h1H3. The minimum absolute atomic E-state index is 1.02. The van der Waals surface area contributed by atoms with Gasteiger partial charge in [-0.15, -0.1) is 0 Å². The van der Waals surface area contributed by atoms with Gasteiger partial charge in [0.2, 0.25) is 0 Å². The molecule has 0 aromatic carbocycles. The molecular formula is CH3IO4S. The van der Waals surface area contributed by atoms with Gasteiger partial charge in [-0.3, -0.25) is 4.18 Å². The van der Waals surface area contributed by atoms with Gasteiger partial charge in [-0.25, -0.2) is 0 Å². The van der Waals surface area contributed by atoms with Crippen LogP contribution >= 0.6 is 23.0 Å². The lowest BCUT2D eigenvalue weighted by molar-refractivity contribution is 0.353. The van der Waals surface area contributed by atoms with Gasteiger partial charge in [0.15, 0.2) is 0 Å². The molecule has 0 aliphatic rings. The Balaban J connectivity index is 3.89. The summed E-state index contributed by atoms with van der Waals surface area (Å²) in [4.78, 5) is 0. The molecule has 0 rings (SSSR count). The molecule has 0 amide bonds. The van der Waals surface area contributed by atoms with Crippen molar-refractivity contribution >= 4 is 33.4 Å². The maximum Gasteiger partial charge on any atom is 0.408 e. The Morgan fingerprint density at radius 2 is 2.00 bits per heavy atom. The summed E-state index contributed by atoms with van der Waals surface area (Å²) in [6, 6.07) is 0. The lowest BCUT2D eigenvalue weighted by Gasteiger charge is -1.89. The number of hydrogen-bond acceptors (Lipinski definition) is 4. The number of hydrogen-bond donors (Lipinski definition) is 0. The molecule has 0 saturated heterocycles. The highest BCUT2D eigenvalue weighted by molar-refractivity contribution is 14.1. The summed E-state index contributed by atoms with van der Waals surface area (Å²) in [6.07, 6.45) is 0. The summed E-state index contributed by atoms with van der Waals surface area (Å²) < 4.78 is 27.5. The van der Waals surface area contributed by atoms with Gasteiger partial charge in [0.05, 0.1) is 7.11 Å². The van der Waals surface area contributed by atoms with Crippen molar-refractivity contribution in [3.63, 3.8) is 0 Å². The minimum Gasteiger partial charge on any atom is -0.251 e. The Kier molecular flexibility index (Phi) is 3.04. The van der Waals surface area contributed by atoms with Crippen molar-refractivity contribution in [2.45, 2.75) is 0 Å². The highest BCUT2D eigenvalue weighted by Crippen LogP contribution is 1.97. The van der Waals surface area contributed by atoms with E-state index in [0.29, 0.717) is 0 Å². The van der Waals surface area contributed by atoms with Crippen molar-refractivity contribution in [3.8, 4) is 0 Å². The summed E-state index contributed by atoms with van der Waals surface area (Å²) in [5, 5.41) is 0. The Labute approximate surface area is 55.8 Å². The molecule has 0 aromatic heterocycles. The van der Waals surface area contributed by atoms with Gasteiger partial charge in [0.1, 0.15) is 23.0 Å². The number of rotatable bonds is 2. The van der Waals surface area contributed by atoms with Crippen molar-refractivity contribution in [1.82, 2.24) is 0 Å². The highest BCUT2D eigenvalue weighted by Gasteiger charge is 2.03. The molecule has 0 saturated carbocycles. The summed E-state index contributed by atoms with van der Waals surface area (Å²) in [7, 11) is -2.65. The molecule has 0 aromatic rings. The highest BCUT2D eigenvalue weighted by atomic mass is 127. The molecule has 6 heteroatoms. The summed E-state index contributed by atoms with van der Waals surface area (Å²) >= 11 is 1.22. The van der Waals surface area contributed by atoms with Crippen LogP contribution in [0.3, 0.4) is 0 Å². The van der Waals surface area contributed by atoms with E-state index < -0.39 is 10.4 Å². The summed E-state index contributed by atoms with van der Waals surface area (Å²) in [5.41, 5.74) is 0. The van der Waals surface area contributed by atoms with Crippen LogP contribution in [-0.2, 0) is 17.1 Å². The Bertz CT molecular complexity index is 115. The van der Waals surface area contributed by atoms with Gasteiger partial charge >= 0.3 is 10.4 Å². The first-order valence-corrected chi connectivity index (χ1v) is 3.44. The normalized spacial score (nSPS) is 11.7. The maximum absolute atomic E-state index is 9.92. The molecule has 0 N–H and O–H groups in total. The second-order valence-corrected chi connectivity index (χ2v) is 2.99. The van der Waals surface area contributed by atoms with E-state index in [9.17, 15) is 8.42 Å². The van der Waals surface area contributed by atoms with Crippen molar-refractivity contribution < 1.29 is 15.1 Å². The van der Waals surface area contributed by atoms with Crippen molar-refractivity contribution in [2.75, 3.05) is 7.11 Å². The third kappa shape index (κ3) is 3.21. The molecule has 0 fully saturated rings. The zero-order valence-electron chi connectivity index (χ0n) is 3.42. The number of halogens is 1. The lowest BCUT2D eigenvalue weighted by Crippen LogP contribution is -1.98. The molecule has 0 unspecified atom stereocenters. The van der Waals surface area contributed by atoms with Gasteiger partial charge in [-0.1, -0.05) is 0 Å². The largest absolute Gasteiger partial charge is 0.408 e. The predicted molar refractivity (Wildman–Crippen MR) is 31.0 cm³/mol. The fraction of sp³-hybridized carbons (Fsp3) is 1.00. The monoisotopic (exact) mass is 238 g/mol. The molecule has 0 aliphatic heterocycles. The molecule has 0 radical (unpaired) electrons. The Morgan fingerprint density at radius 1 is 1.57 bits per heavy atom. The first-order valence-electron chi connectivity index (χ1n) is 1.23. The van der Waals surface area contributed by atoms with E-state index in [1.807, 2.05) is 0 Å². The van der Waals surface area contributed by atoms with E-state index in [-0.39, 0.29) is 0 Å². The Morgan fingerprint density at radius 3 is 2.00 bits per heavy atom. The van der Waals surface area contributed by atoms with Crippen LogP contribution < -0.4 is 0 Å². The van der Waals surface area contributed by atoms with Crippen LogP contribution in [0.15, 0.2) is 0 Å². The predicted octanol–water partition coefficient (Wildman–Crippen LogP) is 0.244. The van der Waals surface area contributed by atoms with Gasteiger partial charge < -0.3 is 0 Å². The fourth-order valence-electron chi connectivity index (χ4n) is 0.0257. The molecule has 0 heterocycles. The zero-order chi connectivity index (χ0) is 5.91. The van der Waals surface area contributed by atoms with Crippen LogP contribution in [0.1, 0.15) is 0 Å². The molecule has 0 bridgehead atoms. The lowest BCUT2D eigenvalue weighted by atomic mass is 11.8. The molecule has 0 aliphatic carbocycles. The van der Waals surface area contributed by atoms with Gasteiger partial charge in [0.25, 0.3) is 0 Å². The van der Waals surface area contributed by atoms with Gasteiger partial charge in [-0.05, 0) is 0 Å². The average molecular weight is 238 g/mol. The van der Waals surface area contributed by atoms with Crippen molar-refractivity contribution in [2.24, 2.45) is 0 Å². The van der Waals surface area contributed by atoms with Crippen LogP contribution in [0.2, 0.25) is 0 Å². The molecule has 4 nitrogen and oxygen atoms in total. The van der Waals surface area contributed by atoms with E-state index in [4.69, 9.17) is 0 Å². The van der Waals surface area contributed by atoms with E-state index in [1.54, 1.807) is 0 Å². The van der Waals surface area contributed by atoms with E-state index in [2.05, 4.69) is 6.70 Å². The van der Waals surface area contributed by atoms with Crippen LogP contribution in [0.4, 0.5) is 0 Å². The smallest absolute Gasteiger partial charge is 0.251 e. The summed E-state index contributed by atoms with van der Waals surface area (Å²) in [6.45, 7) is 0. The van der Waals surface area contributed by atoms with Crippen molar-refractivity contribution in [1.29, 1.82) is 0 Å². The quantitative estimate of drug-likeness (QED) is 0.647. The third-order valence-electron chi connectivity index (χ3n) is 0.281. The van der Waals surface area contributed by atoms with E-state index in [1.165, 1.54) is 23.0 Å². The van der Waals surface area contributed by atoms with Crippen LogP contribution in [0.25, 0.3) is 0 Å². The van der Waals surface area contributed by atoms with Crippen LogP contribution in [-0.4, -0.2) is 15.5 Å². The topological polar surface area (TPSA) is 52.6 Å². The van der Waals surface area contributed by atoms with Crippen LogP contribution in [0, 0.1) is 0 Å². The van der Waals surface area contributed by atoms with E-state index in [0.717, 1.165) is 7.11 Å². The van der Waals surface area contributed by atoms with Gasteiger partial charge in [0, 0.05) is 0 Å². The first kappa shape index (κ1) is 7.60. The second-order valence-electron chi connectivity index (χ2n) is 0.638. The zero-order valence-corrected chi connectivity index (χ0v) is 6.39. The van der Waals surface area contributed by atoms with Gasteiger partial charge in [-0.2, -0.15) is 10.9 Å². The molecule has 0 spiro atoms. The van der Waals surface area contributed by atoms with E-state index >= 15 is 0 Å². The summed E-state index contributed by atoms with van der Waals surface area (Å²) in [5.74, 6) is 0. The first-order chi connectivity index (χ1) is 3.12. The minimum atomic E-state index is -3.67. The second kappa shape index (κ2) is 2.80. The maximum atomic E-state index is 9.92. The Hall–Kier alpha value is 0.600. The third-order valence-corrected chi connectivity index (χ3v) is 2.17. The molecule has 0 atom stereocenters.